The molecule has 0 unspecified atom stereocenters. The van der Waals surface area contributed by atoms with E-state index in [1.54, 1.807) is 0 Å². The van der Waals surface area contributed by atoms with Crippen LogP contribution in [0.5, 0.6) is 6.01 Å². The van der Waals surface area contributed by atoms with Crippen molar-refractivity contribution in [2.45, 2.75) is 56.3 Å². The predicted molar refractivity (Wildman–Crippen MR) is 166 cm³/mol. The Balaban J connectivity index is 1.35. The first kappa shape index (κ1) is 29.5. The zero-order valence-corrected chi connectivity index (χ0v) is 25.0. The highest BCUT2D eigenvalue weighted by molar-refractivity contribution is 6.00. The molecule has 234 valence electrons. The lowest BCUT2D eigenvalue weighted by Gasteiger charge is -2.31. The minimum absolute atomic E-state index is 0.0395. The Hall–Kier alpha value is -4.21. The SMILES string of the molecule is C#Cc1c(F)ccc2cc(=O)[nH]c(-c3ncc4c(N(C)C[C@H]5CCCCN5)nc(OC[C@@]56CCCN5C[C@H](F)C6)nc4c3F)c12. The number of anilines is 1. The zero-order valence-electron chi connectivity index (χ0n) is 25.0. The van der Waals surface area contributed by atoms with Crippen LogP contribution in [0.3, 0.4) is 0 Å². The number of benzene rings is 1. The number of hydrogen-bond acceptors (Lipinski definition) is 8. The van der Waals surface area contributed by atoms with E-state index in [9.17, 15) is 13.6 Å². The van der Waals surface area contributed by atoms with E-state index in [0.29, 0.717) is 36.1 Å². The normalized spacial score (nSPS) is 23.4. The molecule has 6 heterocycles. The third-order valence-electron chi connectivity index (χ3n) is 9.50. The summed E-state index contributed by atoms with van der Waals surface area (Å²) in [7, 11) is 1.87. The molecule has 0 spiro atoms. The first-order valence-electron chi connectivity index (χ1n) is 15.4. The third-order valence-corrected chi connectivity index (χ3v) is 9.50. The number of nitrogens with one attached hydrogen (secondary N) is 2. The number of fused-ring (bicyclic) bond motifs is 3. The molecule has 1 aromatic carbocycles. The molecule has 3 fully saturated rings. The smallest absolute Gasteiger partial charge is 0.319 e. The molecule has 0 saturated carbocycles. The van der Waals surface area contributed by atoms with Crippen molar-refractivity contribution in [2.75, 3.05) is 44.7 Å². The Kier molecular flexibility index (Phi) is 7.61. The summed E-state index contributed by atoms with van der Waals surface area (Å²) in [4.78, 5) is 32.9. The van der Waals surface area contributed by atoms with Gasteiger partial charge in [-0.25, -0.2) is 13.2 Å². The van der Waals surface area contributed by atoms with Crippen LogP contribution in [0.25, 0.3) is 33.1 Å². The van der Waals surface area contributed by atoms with Crippen molar-refractivity contribution in [1.29, 1.82) is 0 Å². The van der Waals surface area contributed by atoms with Gasteiger partial charge in [0.05, 0.1) is 22.2 Å². The van der Waals surface area contributed by atoms with Crippen LogP contribution in [-0.2, 0) is 0 Å². The maximum Gasteiger partial charge on any atom is 0.319 e. The fourth-order valence-corrected chi connectivity index (χ4v) is 7.36. The number of piperidine rings is 1. The largest absolute Gasteiger partial charge is 0.461 e. The van der Waals surface area contributed by atoms with E-state index in [1.807, 2.05) is 11.9 Å². The molecule has 4 aromatic rings. The van der Waals surface area contributed by atoms with Crippen LogP contribution >= 0.6 is 0 Å². The van der Waals surface area contributed by atoms with Gasteiger partial charge in [-0.15, -0.1) is 6.42 Å². The molecule has 3 atom stereocenters. The fourth-order valence-electron chi connectivity index (χ4n) is 7.36. The van der Waals surface area contributed by atoms with Gasteiger partial charge in [-0.05, 0) is 50.2 Å². The second-order valence-electron chi connectivity index (χ2n) is 12.4. The maximum atomic E-state index is 16.7. The number of halogens is 3. The van der Waals surface area contributed by atoms with Crippen molar-refractivity contribution in [3.05, 3.63) is 51.9 Å². The quantitative estimate of drug-likeness (QED) is 0.296. The van der Waals surface area contributed by atoms with Gasteiger partial charge in [0.1, 0.15) is 35.6 Å². The van der Waals surface area contributed by atoms with Crippen molar-refractivity contribution in [3.63, 3.8) is 0 Å². The number of likely N-dealkylation sites (N-methyl/N-ethyl adjacent to an activating group) is 1. The summed E-state index contributed by atoms with van der Waals surface area (Å²) in [6.45, 7) is 2.88. The molecule has 12 heteroatoms. The highest BCUT2D eigenvalue weighted by atomic mass is 19.1. The number of aromatic nitrogens is 4. The van der Waals surface area contributed by atoms with E-state index in [0.717, 1.165) is 45.2 Å². The van der Waals surface area contributed by atoms with Gasteiger partial charge >= 0.3 is 6.01 Å². The number of terminal acetylenes is 1. The van der Waals surface area contributed by atoms with Crippen LogP contribution in [0, 0.1) is 24.0 Å². The lowest BCUT2D eigenvalue weighted by molar-refractivity contribution is 0.107. The first-order valence-corrected chi connectivity index (χ1v) is 15.4. The minimum atomic E-state index is -0.928. The molecule has 0 amide bonds. The summed E-state index contributed by atoms with van der Waals surface area (Å²) in [6, 6.07) is 4.04. The molecular weight excluding hydrogens is 583 g/mol. The van der Waals surface area contributed by atoms with E-state index in [-0.39, 0.29) is 46.5 Å². The van der Waals surface area contributed by atoms with Crippen molar-refractivity contribution in [3.8, 4) is 29.7 Å². The number of ether oxygens (including phenoxy) is 1. The Bertz CT molecular complexity index is 1890. The fraction of sp³-hybridized carbons (Fsp3) is 0.455. The summed E-state index contributed by atoms with van der Waals surface area (Å²) >= 11 is 0. The second kappa shape index (κ2) is 11.6. The topological polar surface area (TPSA) is 99.3 Å². The molecule has 7 rings (SSSR count). The molecule has 3 aliphatic rings. The van der Waals surface area contributed by atoms with Gasteiger partial charge in [0.2, 0.25) is 5.56 Å². The van der Waals surface area contributed by atoms with Crippen molar-refractivity contribution in [1.82, 2.24) is 30.2 Å². The zero-order chi connectivity index (χ0) is 31.3. The molecular formula is C33H34F3N7O2. The Morgan fingerprint density at radius 1 is 1.24 bits per heavy atom. The van der Waals surface area contributed by atoms with Gasteiger partial charge in [-0.2, -0.15) is 9.97 Å². The van der Waals surface area contributed by atoms with E-state index >= 15 is 4.39 Å². The maximum absolute atomic E-state index is 16.7. The van der Waals surface area contributed by atoms with E-state index < -0.39 is 28.9 Å². The number of rotatable bonds is 7. The van der Waals surface area contributed by atoms with Crippen molar-refractivity contribution in [2.24, 2.45) is 0 Å². The van der Waals surface area contributed by atoms with E-state index in [4.69, 9.17) is 16.1 Å². The van der Waals surface area contributed by atoms with Crippen LogP contribution in [0.15, 0.2) is 29.2 Å². The molecule has 3 aliphatic heterocycles. The highest BCUT2D eigenvalue weighted by Crippen LogP contribution is 2.41. The number of hydrogen-bond donors (Lipinski definition) is 2. The summed E-state index contributed by atoms with van der Waals surface area (Å²) in [5.74, 6) is 1.23. The summed E-state index contributed by atoms with van der Waals surface area (Å²) < 4.78 is 52.1. The summed E-state index contributed by atoms with van der Waals surface area (Å²) in [6.07, 6.45) is 11.5. The molecule has 0 aliphatic carbocycles. The third kappa shape index (κ3) is 5.27. The second-order valence-corrected chi connectivity index (χ2v) is 12.4. The molecule has 45 heavy (non-hydrogen) atoms. The number of aromatic amines is 1. The van der Waals surface area contributed by atoms with Gasteiger partial charge in [0.15, 0.2) is 5.82 Å². The Morgan fingerprint density at radius 2 is 2.11 bits per heavy atom. The molecule has 3 saturated heterocycles. The Labute approximate surface area is 258 Å². The van der Waals surface area contributed by atoms with E-state index in [1.165, 1.54) is 24.4 Å². The monoisotopic (exact) mass is 617 g/mol. The standard InChI is InChI=1S/C33H34F3N7O2/c1-3-22-24(35)9-8-19-13-25(44)39-29(26(19)22)30-27(36)28-23(15-38-30)31(42(2)17-21-7-4-5-11-37-21)41-32(40-28)45-18-33-10-6-12-43(33)16-20(34)14-33/h1,8-9,13,15,20-21,37H,4-7,10-12,14,16-18H2,2H3,(H,39,44)/t20-,21-,33+/m1/s1. The van der Waals surface area contributed by atoms with Gasteiger partial charge in [-0.3, -0.25) is 14.7 Å². The first-order chi connectivity index (χ1) is 21.8. The summed E-state index contributed by atoms with van der Waals surface area (Å²) in [5, 5.41) is 4.38. The number of H-pyrrole nitrogens is 1. The average molecular weight is 618 g/mol. The van der Waals surface area contributed by atoms with E-state index in [2.05, 4.69) is 31.1 Å². The minimum Gasteiger partial charge on any atom is -0.461 e. The molecule has 0 radical (unpaired) electrons. The van der Waals surface area contributed by atoms with Crippen LogP contribution < -0.4 is 20.5 Å². The Morgan fingerprint density at radius 3 is 2.91 bits per heavy atom. The average Bonchev–Trinajstić information content (AvgIpc) is 3.56. The molecule has 2 N–H and O–H groups in total. The number of pyridine rings is 2. The van der Waals surface area contributed by atoms with Gasteiger partial charge in [0, 0.05) is 50.2 Å². The predicted octanol–water partition coefficient (Wildman–Crippen LogP) is 4.33. The van der Waals surface area contributed by atoms with Crippen LogP contribution in [0.1, 0.15) is 44.1 Å². The van der Waals surface area contributed by atoms with Crippen LogP contribution in [0.4, 0.5) is 19.0 Å². The summed E-state index contributed by atoms with van der Waals surface area (Å²) in [5.41, 5.74) is -1.45. The van der Waals surface area contributed by atoms with Gasteiger partial charge in [-0.1, -0.05) is 18.4 Å². The molecule has 3 aromatic heterocycles. The molecule has 0 bridgehead atoms. The van der Waals surface area contributed by atoms with Crippen molar-refractivity contribution >= 4 is 27.5 Å². The van der Waals surface area contributed by atoms with Crippen LogP contribution in [0.2, 0.25) is 0 Å². The highest BCUT2D eigenvalue weighted by Gasteiger charge is 2.49. The molecule has 9 nitrogen and oxygen atoms in total. The van der Waals surface area contributed by atoms with Gasteiger partial charge < -0.3 is 19.9 Å². The number of alkyl halides is 1. The number of nitrogens with zero attached hydrogens (tertiary/aromatic N) is 5. The van der Waals surface area contributed by atoms with Crippen molar-refractivity contribution < 1.29 is 17.9 Å². The lowest BCUT2D eigenvalue weighted by atomic mass is 9.95. The van der Waals surface area contributed by atoms with Gasteiger partial charge in [0.25, 0.3) is 0 Å². The lowest BCUT2D eigenvalue weighted by Crippen LogP contribution is -2.44. The van der Waals surface area contributed by atoms with Crippen LogP contribution in [-0.4, -0.2) is 82.4 Å².